The van der Waals surface area contributed by atoms with Crippen molar-refractivity contribution in [2.45, 2.75) is 72.0 Å². The first-order valence-electron chi connectivity index (χ1n) is 10.7. The lowest BCUT2D eigenvalue weighted by molar-refractivity contribution is -0.0985. The highest BCUT2D eigenvalue weighted by atomic mass is 16.7. The van der Waals surface area contributed by atoms with Crippen LogP contribution in [0.5, 0.6) is 0 Å². The smallest absolute Gasteiger partial charge is 0.340 e. The van der Waals surface area contributed by atoms with Crippen LogP contribution in [-0.4, -0.2) is 18.9 Å². The maximum Gasteiger partial charge on any atom is 0.340 e. The molecular weight excluding hydrogens is 348 g/mol. The molecule has 0 saturated carbocycles. The Morgan fingerprint density at radius 2 is 1.43 bits per heavy atom. The number of hydrogen-bond acceptors (Lipinski definition) is 3. The third-order valence-electron chi connectivity index (χ3n) is 4.85. The van der Waals surface area contributed by atoms with Crippen LogP contribution in [0.15, 0.2) is 48.5 Å². The Balaban J connectivity index is 1.88. The Morgan fingerprint density at radius 3 is 2.04 bits per heavy atom. The first-order chi connectivity index (χ1) is 13.6. The Kier molecular flexibility index (Phi) is 9.78. The SMILES string of the molecule is CCCCCCc1ccc(-c2ccc(C(=O)OC(C)OCCCC)cc2)cc1. The van der Waals surface area contributed by atoms with Crippen molar-refractivity contribution in [1.82, 2.24) is 0 Å². The summed E-state index contributed by atoms with van der Waals surface area (Å²) in [7, 11) is 0. The van der Waals surface area contributed by atoms with Crippen molar-refractivity contribution in [1.29, 1.82) is 0 Å². The first-order valence-corrected chi connectivity index (χ1v) is 10.7. The Hall–Kier alpha value is -2.13. The number of unbranched alkanes of at least 4 members (excludes halogenated alkanes) is 4. The number of ether oxygens (including phenoxy) is 2. The van der Waals surface area contributed by atoms with E-state index in [1.165, 1.54) is 31.2 Å². The van der Waals surface area contributed by atoms with Gasteiger partial charge in [0.25, 0.3) is 0 Å². The fraction of sp³-hybridized carbons (Fsp3) is 0.480. The van der Waals surface area contributed by atoms with Gasteiger partial charge in [-0.1, -0.05) is 75.9 Å². The molecule has 3 heteroatoms. The van der Waals surface area contributed by atoms with Crippen molar-refractivity contribution in [3.05, 3.63) is 59.7 Å². The van der Waals surface area contributed by atoms with Crippen LogP contribution in [0.25, 0.3) is 11.1 Å². The predicted molar refractivity (Wildman–Crippen MR) is 115 cm³/mol. The molecule has 1 atom stereocenters. The van der Waals surface area contributed by atoms with Crippen molar-refractivity contribution in [2.75, 3.05) is 6.61 Å². The molecule has 0 aliphatic rings. The summed E-state index contributed by atoms with van der Waals surface area (Å²) in [6, 6.07) is 16.3. The molecule has 0 bridgehead atoms. The van der Waals surface area contributed by atoms with Crippen molar-refractivity contribution >= 4 is 5.97 Å². The summed E-state index contributed by atoms with van der Waals surface area (Å²) >= 11 is 0. The van der Waals surface area contributed by atoms with Gasteiger partial charge in [0.1, 0.15) is 0 Å². The molecule has 2 rings (SSSR count). The van der Waals surface area contributed by atoms with Gasteiger partial charge in [0, 0.05) is 0 Å². The van der Waals surface area contributed by atoms with Gasteiger partial charge in [0.15, 0.2) is 6.29 Å². The number of esters is 1. The Labute approximate surface area is 170 Å². The summed E-state index contributed by atoms with van der Waals surface area (Å²) in [6.45, 7) is 6.70. The van der Waals surface area contributed by atoms with Gasteiger partial charge in [-0.25, -0.2) is 4.79 Å². The number of aryl methyl sites for hydroxylation is 1. The van der Waals surface area contributed by atoms with Gasteiger partial charge >= 0.3 is 5.97 Å². The molecule has 0 N–H and O–H groups in total. The van der Waals surface area contributed by atoms with E-state index in [9.17, 15) is 4.79 Å². The van der Waals surface area contributed by atoms with Crippen LogP contribution < -0.4 is 0 Å². The van der Waals surface area contributed by atoms with Crippen LogP contribution in [-0.2, 0) is 15.9 Å². The van der Waals surface area contributed by atoms with E-state index < -0.39 is 6.29 Å². The van der Waals surface area contributed by atoms with Gasteiger partial charge in [-0.2, -0.15) is 0 Å². The molecule has 0 fully saturated rings. The topological polar surface area (TPSA) is 35.5 Å². The van der Waals surface area contributed by atoms with Crippen LogP contribution in [0.3, 0.4) is 0 Å². The minimum atomic E-state index is -0.524. The van der Waals surface area contributed by atoms with Crippen molar-refractivity contribution in [2.24, 2.45) is 0 Å². The van der Waals surface area contributed by atoms with Crippen molar-refractivity contribution < 1.29 is 14.3 Å². The van der Waals surface area contributed by atoms with E-state index in [1.54, 1.807) is 6.92 Å². The summed E-state index contributed by atoms with van der Waals surface area (Å²) in [5, 5.41) is 0. The maximum absolute atomic E-state index is 12.2. The van der Waals surface area contributed by atoms with Gasteiger partial charge < -0.3 is 9.47 Å². The van der Waals surface area contributed by atoms with Crippen LogP contribution >= 0.6 is 0 Å². The molecule has 0 aliphatic carbocycles. The molecular formula is C25H34O3. The van der Waals surface area contributed by atoms with E-state index >= 15 is 0 Å². The summed E-state index contributed by atoms with van der Waals surface area (Å²) in [5.41, 5.74) is 4.19. The fourth-order valence-corrected chi connectivity index (χ4v) is 3.06. The summed E-state index contributed by atoms with van der Waals surface area (Å²) in [4.78, 5) is 12.2. The van der Waals surface area contributed by atoms with Crippen LogP contribution in [0.4, 0.5) is 0 Å². The quantitative estimate of drug-likeness (QED) is 0.230. The van der Waals surface area contributed by atoms with Gasteiger partial charge in [0.2, 0.25) is 0 Å². The van der Waals surface area contributed by atoms with E-state index in [0.29, 0.717) is 12.2 Å². The zero-order valence-corrected chi connectivity index (χ0v) is 17.6. The molecule has 0 spiro atoms. The second kappa shape index (κ2) is 12.4. The van der Waals surface area contributed by atoms with Gasteiger partial charge in [-0.05, 0) is 55.0 Å². The third-order valence-corrected chi connectivity index (χ3v) is 4.85. The lowest BCUT2D eigenvalue weighted by Crippen LogP contribution is -2.18. The first kappa shape index (κ1) is 22.2. The normalized spacial score (nSPS) is 12.0. The minimum Gasteiger partial charge on any atom is -0.432 e. The van der Waals surface area contributed by atoms with E-state index in [1.807, 2.05) is 24.3 Å². The molecule has 152 valence electrons. The Morgan fingerprint density at radius 1 is 0.821 bits per heavy atom. The van der Waals surface area contributed by atoms with Crippen molar-refractivity contribution in [3.8, 4) is 11.1 Å². The molecule has 2 aromatic rings. The van der Waals surface area contributed by atoms with Gasteiger partial charge in [-0.3, -0.25) is 0 Å². The van der Waals surface area contributed by atoms with E-state index in [0.717, 1.165) is 30.4 Å². The maximum atomic E-state index is 12.2. The van der Waals surface area contributed by atoms with E-state index in [2.05, 4.69) is 38.1 Å². The highest BCUT2D eigenvalue weighted by Crippen LogP contribution is 2.21. The molecule has 0 radical (unpaired) electrons. The predicted octanol–water partition coefficient (Wildman–Crippen LogP) is 6.80. The number of hydrogen-bond donors (Lipinski definition) is 0. The van der Waals surface area contributed by atoms with Crippen LogP contribution in [0, 0.1) is 0 Å². The van der Waals surface area contributed by atoms with Crippen LogP contribution in [0.2, 0.25) is 0 Å². The number of rotatable bonds is 12. The summed E-state index contributed by atoms with van der Waals surface area (Å²) in [6.07, 6.45) is 7.79. The third kappa shape index (κ3) is 7.47. The minimum absolute atomic E-state index is 0.349. The summed E-state index contributed by atoms with van der Waals surface area (Å²) in [5.74, 6) is -0.349. The van der Waals surface area contributed by atoms with Gasteiger partial charge in [0.05, 0.1) is 12.2 Å². The molecule has 3 nitrogen and oxygen atoms in total. The lowest BCUT2D eigenvalue weighted by atomic mass is 10.0. The molecule has 1 unspecified atom stereocenters. The average molecular weight is 383 g/mol. The molecule has 0 amide bonds. The van der Waals surface area contributed by atoms with Gasteiger partial charge in [-0.15, -0.1) is 0 Å². The number of benzene rings is 2. The molecule has 0 aliphatic heterocycles. The zero-order chi connectivity index (χ0) is 20.2. The number of carbonyl (C=O) groups excluding carboxylic acids is 1. The lowest BCUT2D eigenvalue weighted by Gasteiger charge is -2.14. The second-order valence-electron chi connectivity index (χ2n) is 7.28. The average Bonchev–Trinajstić information content (AvgIpc) is 2.72. The highest BCUT2D eigenvalue weighted by molar-refractivity contribution is 5.90. The molecule has 28 heavy (non-hydrogen) atoms. The molecule has 0 aromatic heterocycles. The molecule has 0 heterocycles. The van der Waals surface area contributed by atoms with E-state index in [4.69, 9.17) is 9.47 Å². The molecule has 2 aromatic carbocycles. The largest absolute Gasteiger partial charge is 0.432 e. The number of carbonyl (C=O) groups is 1. The monoisotopic (exact) mass is 382 g/mol. The van der Waals surface area contributed by atoms with Crippen molar-refractivity contribution in [3.63, 3.8) is 0 Å². The van der Waals surface area contributed by atoms with Crippen LogP contribution in [0.1, 0.15) is 75.2 Å². The fourth-order valence-electron chi connectivity index (χ4n) is 3.06. The Bertz CT molecular complexity index is 689. The molecule has 0 saturated heterocycles. The summed E-state index contributed by atoms with van der Waals surface area (Å²) < 4.78 is 10.8. The highest BCUT2D eigenvalue weighted by Gasteiger charge is 2.12. The standard InChI is InChI=1S/C25H34O3/c1-4-6-8-9-10-21-11-13-22(14-12-21)23-15-17-24(18-16-23)25(26)28-20(3)27-19-7-5-2/h11-18,20H,4-10,19H2,1-3H3. The van der Waals surface area contributed by atoms with E-state index in [-0.39, 0.29) is 5.97 Å². The second-order valence-corrected chi connectivity index (χ2v) is 7.28. The zero-order valence-electron chi connectivity index (χ0n) is 17.6.